The molecule has 1 aromatic heterocycles. The van der Waals surface area contributed by atoms with Gasteiger partial charge in [0.25, 0.3) is 5.69 Å². The number of nitriles is 1. The second kappa shape index (κ2) is 6.37. The number of carbonyl (C=O) groups excluding carboxylic acids is 1. The van der Waals surface area contributed by atoms with E-state index in [9.17, 15) is 14.9 Å². The molecule has 122 valence electrons. The normalized spacial score (nSPS) is 10.2. The first kappa shape index (κ1) is 16.1. The number of hydrogen-bond acceptors (Lipinski definition) is 6. The van der Waals surface area contributed by atoms with Crippen molar-refractivity contribution in [2.75, 3.05) is 7.11 Å². The van der Waals surface area contributed by atoms with Crippen molar-refractivity contribution in [2.45, 2.75) is 0 Å². The smallest absolute Gasteiger partial charge is 0.338 e. The molecular weight excluding hydrogens is 322 g/mol. The van der Waals surface area contributed by atoms with Gasteiger partial charge in [0, 0.05) is 17.8 Å². The van der Waals surface area contributed by atoms with Crippen LogP contribution in [0.4, 0.5) is 5.69 Å². The third kappa shape index (κ3) is 2.88. The summed E-state index contributed by atoms with van der Waals surface area (Å²) in [6.45, 7) is 0. The summed E-state index contributed by atoms with van der Waals surface area (Å²) < 4.78 is 4.80. The first-order chi connectivity index (χ1) is 12.0. The van der Waals surface area contributed by atoms with Gasteiger partial charge in [0.05, 0.1) is 23.2 Å². The fourth-order valence-corrected chi connectivity index (χ4v) is 2.58. The molecule has 0 radical (unpaired) electrons. The van der Waals surface area contributed by atoms with Gasteiger partial charge in [0.2, 0.25) is 0 Å². The zero-order chi connectivity index (χ0) is 18.0. The highest BCUT2D eigenvalue weighted by molar-refractivity contribution is 6.03. The second-order valence-corrected chi connectivity index (χ2v) is 5.20. The topological polar surface area (TPSA) is 106 Å². The molecule has 0 aliphatic carbocycles. The maximum Gasteiger partial charge on any atom is 0.338 e. The highest BCUT2D eigenvalue weighted by Crippen LogP contribution is 2.34. The number of fused-ring (bicyclic) bond motifs is 1. The minimum absolute atomic E-state index is 0.00940. The predicted molar refractivity (Wildman–Crippen MR) is 89.9 cm³/mol. The van der Waals surface area contributed by atoms with Crippen LogP contribution in [0.3, 0.4) is 0 Å². The monoisotopic (exact) mass is 333 g/mol. The molecule has 2 aromatic carbocycles. The van der Waals surface area contributed by atoms with E-state index < -0.39 is 10.9 Å². The number of hydrogen-bond donors (Lipinski definition) is 0. The van der Waals surface area contributed by atoms with Crippen LogP contribution in [0.15, 0.2) is 48.7 Å². The molecule has 0 amide bonds. The van der Waals surface area contributed by atoms with Crippen LogP contribution in [-0.2, 0) is 4.74 Å². The number of aromatic nitrogens is 1. The Hall–Kier alpha value is -3.79. The maximum absolute atomic E-state index is 12.2. The van der Waals surface area contributed by atoms with E-state index in [-0.39, 0.29) is 28.1 Å². The van der Waals surface area contributed by atoms with Gasteiger partial charge in [-0.1, -0.05) is 24.3 Å². The number of esters is 1. The van der Waals surface area contributed by atoms with Crippen LogP contribution in [0.1, 0.15) is 15.9 Å². The average molecular weight is 333 g/mol. The minimum Gasteiger partial charge on any atom is -0.465 e. The van der Waals surface area contributed by atoms with Crippen molar-refractivity contribution < 1.29 is 14.5 Å². The number of benzene rings is 2. The summed E-state index contributed by atoms with van der Waals surface area (Å²) >= 11 is 0. The van der Waals surface area contributed by atoms with Gasteiger partial charge in [-0.05, 0) is 22.9 Å². The summed E-state index contributed by atoms with van der Waals surface area (Å²) in [7, 11) is 1.24. The van der Waals surface area contributed by atoms with E-state index in [0.717, 1.165) is 16.8 Å². The molecule has 0 unspecified atom stereocenters. The fourth-order valence-electron chi connectivity index (χ4n) is 2.58. The van der Waals surface area contributed by atoms with Crippen LogP contribution in [0.5, 0.6) is 0 Å². The van der Waals surface area contributed by atoms with Crippen LogP contribution in [0, 0.1) is 21.4 Å². The maximum atomic E-state index is 12.2. The van der Waals surface area contributed by atoms with Crippen molar-refractivity contribution in [3.05, 3.63) is 69.9 Å². The van der Waals surface area contributed by atoms with Crippen molar-refractivity contribution in [3.8, 4) is 17.3 Å². The Morgan fingerprint density at radius 3 is 2.52 bits per heavy atom. The Bertz CT molecular complexity index is 1050. The van der Waals surface area contributed by atoms with Gasteiger partial charge in [0.15, 0.2) is 0 Å². The number of ether oxygens (including phenoxy) is 1. The van der Waals surface area contributed by atoms with Crippen LogP contribution in [-0.4, -0.2) is 23.0 Å². The van der Waals surface area contributed by atoms with Gasteiger partial charge in [-0.2, -0.15) is 5.26 Å². The predicted octanol–water partition coefficient (Wildman–Crippen LogP) is 3.47. The molecule has 0 aliphatic heterocycles. The third-order valence-electron chi connectivity index (χ3n) is 3.74. The van der Waals surface area contributed by atoms with Gasteiger partial charge < -0.3 is 4.74 Å². The van der Waals surface area contributed by atoms with Gasteiger partial charge in [-0.25, -0.2) is 9.78 Å². The Balaban J connectivity index is 2.36. The van der Waals surface area contributed by atoms with Gasteiger partial charge in [0.1, 0.15) is 11.8 Å². The number of rotatable bonds is 3. The van der Waals surface area contributed by atoms with E-state index in [2.05, 4.69) is 4.98 Å². The summed E-state index contributed by atoms with van der Waals surface area (Å²) in [5.74, 6) is -0.624. The highest BCUT2D eigenvalue weighted by atomic mass is 16.6. The molecule has 0 fully saturated rings. The molecule has 1 heterocycles. The van der Waals surface area contributed by atoms with E-state index >= 15 is 0 Å². The molecule has 0 N–H and O–H groups in total. The molecule has 7 nitrogen and oxygen atoms in total. The second-order valence-electron chi connectivity index (χ2n) is 5.20. The van der Waals surface area contributed by atoms with Crippen LogP contribution in [0.2, 0.25) is 0 Å². The summed E-state index contributed by atoms with van der Waals surface area (Å²) in [6.07, 6.45) is 1.23. The van der Waals surface area contributed by atoms with Gasteiger partial charge >= 0.3 is 5.97 Å². The van der Waals surface area contributed by atoms with Crippen LogP contribution < -0.4 is 0 Å². The zero-order valence-corrected chi connectivity index (χ0v) is 13.1. The Labute approximate surface area is 142 Å². The Morgan fingerprint density at radius 2 is 1.92 bits per heavy atom. The molecule has 25 heavy (non-hydrogen) atoms. The molecule has 0 atom stereocenters. The molecule has 0 spiro atoms. The number of nitro groups is 1. The Kier molecular flexibility index (Phi) is 4.10. The lowest BCUT2D eigenvalue weighted by molar-refractivity contribution is -0.384. The molecular formula is C18H11N3O4. The first-order valence-electron chi connectivity index (χ1n) is 7.21. The lowest BCUT2D eigenvalue weighted by Crippen LogP contribution is -2.06. The summed E-state index contributed by atoms with van der Waals surface area (Å²) in [5.41, 5.74) is 0.175. The summed E-state index contributed by atoms with van der Waals surface area (Å²) in [5, 5.41) is 21.9. The fraction of sp³-hybridized carbons (Fsp3) is 0.0556. The number of methoxy groups -OCH3 is 1. The van der Waals surface area contributed by atoms with Crippen LogP contribution >= 0.6 is 0 Å². The lowest BCUT2D eigenvalue weighted by atomic mass is 9.97. The average Bonchev–Trinajstić information content (AvgIpc) is 2.65. The van der Waals surface area contributed by atoms with E-state index in [4.69, 9.17) is 10.00 Å². The third-order valence-corrected chi connectivity index (χ3v) is 3.74. The quantitative estimate of drug-likeness (QED) is 0.413. The van der Waals surface area contributed by atoms with Crippen molar-refractivity contribution >= 4 is 22.4 Å². The van der Waals surface area contributed by atoms with Crippen molar-refractivity contribution in [3.63, 3.8) is 0 Å². The molecule has 0 saturated heterocycles. The molecule has 7 heteroatoms. The lowest BCUT2D eigenvalue weighted by Gasteiger charge is -2.10. The molecule has 0 saturated carbocycles. The molecule has 0 bridgehead atoms. The van der Waals surface area contributed by atoms with Gasteiger partial charge in [-0.3, -0.25) is 10.1 Å². The van der Waals surface area contributed by atoms with Crippen molar-refractivity contribution in [2.24, 2.45) is 0 Å². The van der Waals surface area contributed by atoms with E-state index in [1.54, 1.807) is 12.1 Å². The highest BCUT2D eigenvalue weighted by Gasteiger charge is 2.24. The SMILES string of the molecule is COC(=O)c1cc2ccccc2cc1-c1ncc(C#N)cc1[N+](=O)[O-]. The number of nitrogens with zero attached hydrogens (tertiary/aromatic N) is 3. The largest absolute Gasteiger partial charge is 0.465 e. The molecule has 3 rings (SSSR count). The van der Waals surface area contributed by atoms with Crippen LogP contribution in [0.25, 0.3) is 22.0 Å². The summed E-state index contributed by atoms with van der Waals surface area (Å²) in [6, 6.07) is 13.5. The minimum atomic E-state index is -0.626. The molecule has 0 aliphatic rings. The van der Waals surface area contributed by atoms with Crippen molar-refractivity contribution in [1.82, 2.24) is 4.98 Å². The van der Waals surface area contributed by atoms with Crippen molar-refractivity contribution in [1.29, 1.82) is 5.26 Å². The Morgan fingerprint density at radius 1 is 1.24 bits per heavy atom. The standard InChI is InChI=1S/C18H11N3O4/c1-25-18(22)15-8-13-5-3-2-4-12(13)7-14(15)17-16(21(23)24)6-11(9-19)10-20-17/h2-8,10H,1H3. The van der Waals surface area contributed by atoms with E-state index in [1.165, 1.54) is 13.3 Å². The zero-order valence-electron chi connectivity index (χ0n) is 13.1. The van der Waals surface area contributed by atoms with E-state index in [1.807, 2.05) is 30.3 Å². The summed E-state index contributed by atoms with van der Waals surface area (Å²) in [4.78, 5) is 27.0. The van der Waals surface area contributed by atoms with E-state index in [0.29, 0.717) is 0 Å². The first-order valence-corrected chi connectivity index (χ1v) is 7.21. The molecule has 3 aromatic rings. The number of carbonyl (C=O) groups is 1. The van der Waals surface area contributed by atoms with Gasteiger partial charge in [-0.15, -0.1) is 0 Å². The number of pyridine rings is 1.